The fourth-order valence-electron chi connectivity index (χ4n) is 0.560. The van der Waals surface area contributed by atoms with Gasteiger partial charge in [0, 0.05) is 0 Å². The molecule has 76 valence electrons. The highest BCUT2D eigenvalue weighted by Crippen LogP contribution is 1.84. The van der Waals surface area contributed by atoms with Crippen molar-refractivity contribution < 1.29 is 10.2 Å². The van der Waals surface area contributed by atoms with Crippen molar-refractivity contribution in [2.45, 2.75) is 13.0 Å². The summed E-state index contributed by atoms with van der Waals surface area (Å²) in [7, 11) is 0. The van der Waals surface area contributed by atoms with Gasteiger partial charge >= 0.3 is 0 Å². The Hall–Kier alpha value is -1.92. The lowest BCUT2D eigenvalue weighted by atomic mass is 10.3. The molecule has 0 aliphatic rings. The Morgan fingerprint density at radius 3 is 2.53 bits per heavy atom. The number of aliphatic hydroxyl groups excluding tert-OH is 2. The van der Waals surface area contributed by atoms with Crippen molar-refractivity contribution >= 4 is 0 Å². The van der Waals surface area contributed by atoms with Gasteiger partial charge in [0.25, 0.3) is 0 Å². The van der Waals surface area contributed by atoms with Crippen molar-refractivity contribution in [3.05, 3.63) is 24.3 Å². The largest absolute Gasteiger partial charge is 0.393 e. The van der Waals surface area contributed by atoms with Gasteiger partial charge in [-0.3, -0.25) is 0 Å². The first-order valence-electron chi connectivity index (χ1n) is 4.35. The monoisotopic (exact) mass is 200 g/mol. The van der Waals surface area contributed by atoms with Crippen LogP contribution in [0.25, 0.3) is 0 Å². The van der Waals surface area contributed by atoms with Crippen LogP contribution in [0.15, 0.2) is 24.3 Å². The third-order valence-corrected chi connectivity index (χ3v) is 1.20. The van der Waals surface area contributed by atoms with Crippen LogP contribution in [0.2, 0.25) is 0 Å². The number of aliphatic hydroxyl groups is 2. The summed E-state index contributed by atoms with van der Waals surface area (Å²) >= 11 is 0. The first-order chi connectivity index (χ1) is 7.31. The van der Waals surface area contributed by atoms with Crippen LogP contribution in [0.5, 0.6) is 0 Å². The van der Waals surface area contributed by atoms with E-state index in [1.54, 1.807) is 25.2 Å². The van der Waals surface area contributed by atoms with E-state index >= 15 is 0 Å². The third kappa shape index (κ3) is 10.00. The Kier molecular flexibility index (Phi) is 8.86. The van der Waals surface area contributed by atoms with Crippen molar-refractivity contribution in [2.24, 2.45) is 0 Å². The number of rotatable bonds is 3. The van der Waals surface area contributed by atoms with Gasteiger partial charge in [0.15, 0.2) is 0 Å². The van der Waals surface area contributed by atoms with E-state index in [2.05, 4.69) is 35.5 Å². The van der Waals surface area contributed by atoms with Crippen molar-refractivity contribution in [3.63, 3.8) is 0 Å². The molecule has 2 nitrogen and oxygen atoms in total. The maximum Gasteiger partial charge on any atom is 0.0954 e. The zero-order valence-electron chi connectivity index (χ0n) is 8.49. The second kappa shape index (κ2) is 10.2. The average Bonchev–Trinajstić information content (AvgIpc) is 2.26. The Morgan fingerprint density at radius 2 is 1.87 bits per heavy atom. The van der Waals surface area contributed by atoms with Gasteiger partial charge < -0.3 is 10.2 Å². The van der Waals surface area contributed by atoms with Crippen molar-refractivity contribution in [1.29, 1.82) is 0 Å². The third-order valence-electron chi connectivity index (χ3n) is 1.20. The molecule has 15 heavy (non-hydrogen) atoms. The van der Waals surface area contributed by atoms with E-state index in [1.165, 1.54) is 6.08 Å². The molecular weight excluding hydrogens is 188 g/mol. The van der Waals surface area contributed by atoms with E-state index in [4.69, 9.17) is 10.2 Å². The summed E-state index contributed by atoms with van der Waals surface area (Å²) in [6, 6.07) is 0. The van der Waals surface area contributed by atoms with Crippen LogP contribution >= 0.6 is 0 Å². The van der Waals surface area contributed by atoms with Crippen LogP contribution in [0, 0.1) is 35.5 Å². The molecule has 0 saturated carbocycles. The highest BCUT2D eigenvalue weighted by atomic mass is 16.3. The zero-order valence-corrected chi connectivity index (χ0v) is 8.49. The molecule has 0 aromatic rings. The van der Waals surface area contributed by atoms with Crippen molar-refractivity contribution in [3.8, 4) is 35.5 Å². The van der Waals surface area contributed by atoms with Crippen LogP contribution in [0.3, 0.4) is 0 Å². The Morgan fingerprint density at radius 1 is 1.13 bits per heavy atom. The molecule has 0 aliphatic heterocycles. The van der Waals surface area contributed by atoms with E-state index < -0.39 is 6.10 Å². The lowest BCUT2D eigenvalue weighted by Gasteiger charge is -1.95. The fraction of sp³-hybridized carbons (Fsp3) is 0.231. The van der Waals surface area contributed by atoms with Crippen LogP contribution in [0.4, 0.5) is 0 Å². The maximum atomic E-state index is 8.91. The number of allylic oxidation sites excluding steroid dienone is 3. The molecule has 0 spiro atoms. The van der Waals surface area contributed by atoms with Crippen LogP contribution in [-0.4, -0.2) is 22.9 Å². The Balaban J connectivity index is 3.94. The van der Waals surface area contributed by atoms with Gasteiger partial charge in [0.1, 0.15) is 0 Å². The van der Waals surface area contributed by atoms with Gasteiger partial charge in [-0.15, -0.1) is 0 Å². The summed E-state index contributed by atoms with van der Waals surface area (Å²) in [5.41, 5.74) is 0. The van der Waals surface area contributed by atoms with Crippen LogP contribution in [0.1, 0.15) is 6.92 Å². The van der Waals surface area contributed by atoms with Gasteiger partial charge in [-0.1, -0.05) is 30.1 Å². The normalized spacial score (nSPS) is 10.9. The minimum atomic E-state index is -0.817. The van der Waals surface area contributed by atoms with Gasteiger partial charge in [-0.05, 0) is 36.7 Å². The second-order valence-electron chi connectivity index (χ2n) is 2.39. The molecule has 0 rings (SSSR count). The Bertz CT molecular complexity index is 397. The minimum Gasteiger partial charge on any atom is -0.393 e. The molecule has 0 aromatic heterocycles. The van der Waals surface area contributed by atoms with Crippen LogP contribution in [-0.2, 0) is 0 Å². The van der Waals surface area contributed by atoms with Gasteiger partial charge in [0.2, 0.25) is 0 Å². The lowest BCUT2D eigenvalue weighted by molar-refractivity contribution is 0.131. The maximum absolute atomic E-state index is 8.91. The first kappa shape index (κ1) is 13.1. The smallest absolute Gasteiger partial charge is 0.0954 e. The molecule has 0 aliphatic carbocycles. The predicted molar refractivity (Wildman–Crippen MR) is 60.4 cm³/mol. The molecule has 0 radical (unpaired) electrons. The molecule has 2 N–H and O–H groups in total. The highest BCUT2D eigenvalue weighted by molar-refractivity contribution is 5.37. The standard InChI is InChI=1S/C13H12O2/c1-2-3-4-5-6-7-8-9-10-11-13(15)12-14/h8-11,13-15H,12H2,1H3/b9-8+,11-10+/t13-/m0/s1. The Labute approximate surface area is 90.3 Å². The lowest BCUT2D eigenvalue weighted by Crippen LogP contribution is -2.06. The van der Waals surface area contributed by atoms with E-state index in [1.807, 2.05) is 0 Å². The SMILES string of the molecule is CC#CC#CC#C/C=C/C=C/[C@H](O)CO. The molecular formula is C13H12O2. The van der Waals surface area contributed by atoms with Crippen LogP contribution < -0.4 is 0 Å². The number of hydrogen-bond donors (Lipinski definition) is 2. The summed E-state index contributed by atoms with van der Waals surface area (Å²) in [6.07, 6.45) is 5.50. The quantitative estimate of drug-likeness (QED) is 0.514. The molecule has 0 bridgehead atoms. The number of hydrogen-bond acceptors (Lipinski definition) is 2. The first-order valence-corrected chi connectivity index (χ1v) is 4.35. The molecule has 0 fully saturated rings. The summed E-state index contributed by atoms with van der Waals surface area (Å²) in [6.45, 7) is 1.43. The molecule has 0 unspecified atom stereocenters. The molecule has 1 atom stereocenters. The summed E-state index contributed by atoms with van der Waals surface area (Å²) in [5, 5.41) is 17.4. The van der Waals surface area contributed by atoms with E-state index in [0.29, 0.717) is 0 Å². The average molecular weight is 200 g/mol. The predicted octanol–water partition coefficient (Wildman–Crippen LogP) is 0.482. The van der Waals surface area contributed by atoms with Gasteiger partial charge in [-0.2, -0.15) is 0 Å². The van der Waals surface area contributed by atoms with Gasteiger partial charge in [0.05, 0.1) is 12.7 Å². The topological polar surface area (TPSA) is 40.5 Å². The molecule has 0 amide bonds. The molecule has 0 heterocycles. The van der Waals surface area contributed by atoms with Crippen molar-refractivity contribution in [2.75, 3.05) is 6.61 Å². The zero-order chi connectivity index (χ0) is 11.4. The summed E-state index contributed by atoms with van der Waals surface area (Å²) in [5.74, 6) is 15.5. The molecule has 0 aromatic carbocycles. The molecule has 0 saturated heterocycles. The van der Waals surface area contributed by atoms with Crippen molar-refractivity contribution in [1.82, 2.24) is 0 Å². The second-order valence-corrected chi connectivity index (χ2v) is 2.39. The summed E-state index contributed by atoms with van der Waals surface area (Å²) in [4.78, 5) is 0. The minimum absolute atomic E-state index is 0.281. The van der Waals surface area contributed by atoms with E-state index in [-0.39, 0.29) is 6.61 Å². The van der Waals surface area contributed by atoms with Gasteiger partial charge in [-0.25, -0.2) is 0 Å². The van der Waals surface area contributed by atoms with E-state index in [0.717, 1.165) is 0 Å². The summed E-state index contributed by atoms with van der Waals surface area (Å²) < 4.78 is 0. The highest BCUT2D eigenvalue weighted by Gasteiger charge is 1.90. The van der Waals surface area contributed by atoms with E-state index in [9.17, 15) is 0 Å². The molecule has 2 heteroatoms. The fourth-order valence-corrected chi connectivity index (χ4v) is 0.560.